The van der Waals surface area contributed by atoms with Gasteiger partial charge in [0.2, 0.25) is 0 Å². The summed E-state index contributed by atoms with van der Waals surface area (Å²) in [6.45, 7) is 2.58. The highest BCUT2D eigenvalue weighted by Gasteiger charge is 2.46. The molecular formula is C14H19F2NO. The van der Waals surface area contributed by atoms with Crippen LogP contribution in [0.4, 0.5) is 8.78 Å². The molecule has 0 radical (unpaired) electrons. The lowest BCUT2D eigenvalue weighted by Crippen LogP contribution is -2.47. The summed E-state index contributed by atoms with van der Waals surface area (Å²) in [5, 5.41) is 3.05. The fourth-order valence-corrected chi connectivity index (χ4v) is 2.62. The standard InChI is InChI=1S/C14H19F2NO/c1-3-8-17-14(13(15)16)7-6-10-4-5-11(18-2)9-12(10)14/h4-5,9,13,17H,3,6-8H2,1-2H3. The third-order valence-electron chi connectivity index (χ3n) is 3.65. The van der Waals surface area contributed by atoms with E-state index >= 15 is 0 Å². The van der Waals surface area contributed by atoms with Gasteiger partial charge in [-0.1, -0.05) is 13.0 Å². The van der Waals surface area contributed by atoms with Gasteiger partial charge in [0, 0.05) is 0 Å². The Balaban J connectivity index is 2.40. The zero-order valence-corrected chi connectivity index (χ0v) is 10.8. The molecule has 1 aromatic rings. The van der Waals surface area contributed by atoms with Gasteiger partial charge < -0.3 is 10.1 Å². The molecule has 0 aliphatic heterocycles. The van der Waals surface area contributed by atoms with Crippen molar-refractivity contribution in [3.63, 3.8) is 0 Å². The number of hydrogen-bond acceptors (Lipinski definition) is 2. The van der Waals surface area contributed by atoms with Crippen molar-refractivity contribution in [2.75, 3.05) is 13.7 Å². The van der Waals surface area contributed by atoms with Crippen LogP contribution in [0.2, 0.25) is 0 Å². The maximum absolute atomic E-state index is 13.5. The van der Waals surface area contributed by atoms with Gasteiger partial charge >= 0.3 is 0 Å². The van der Waals surface area contributed by atoms with Gasteiger partial charge in [0.25, 0.3) is 6.43 Å². The van der Waals surface area contributed by atoms with Gasteiger partial charge in [0.1, 0.15) is 11.3 Å². The maximum atomic E-state index is 13.5. The summed E-state index contributed by atoms with van der Waals surface area (Å²) in [5.74, 6) is 0.638. The van der Waals surface area contributed by atoms with E-state index in [1.807, 2.05) is 19.1 Å². The Hall–Kier alpha value is -1.16. The van der Waals surface area contributed by atoms with Gasteiger partial charge in [-0.25, -0.2) is 8.78 Å². The minimum atomic E-state index is -2.41. The molecule has 0 bridgehead atoms. The van der Waals surface area contributed by atoms with Crippen molar-refractivity contribution in [2.24, 2.45) is 0 Å². The van der Waals surface area contributed by atoms with Crippen LogP contribution in [-0.2, 0) is 12.0 Å². The summed E-state index contributed by atoms with van der Waals surface area (Å²) in [6, 6.07) is 5.48. The van der Waals surface area contributed by atoms with E-state index < -0.39 is 12.0 Å². The van der Waals surface area contributed by atoms with E-state index in [-0.39, 0.29) is 0 Å². The lowest BCUT2D eigenvalue weighted by molar-refractivity contribution is 0.0280. The summed E-state index contributed by atoms with van der Waals surface area (Å²) >= 11 is 0. The van der Waals surface area contributed by atoms with Gasteiger partial charge in [-0.15, -0.1) is 0 Å². The van der Waals surface area contributed by atoms with Gasteiger partial charge in [0.05, 0.1) is 7.11 Å². The number of fused-ring (bicyclic) bond motifs is 1. The molecule has 18 heavy (non-hydrogen) atoms. The molecule has 0 spiro atoms. The molecule has 1 atom stereocenters. The molecule has 2 nitrogen and oxygen atoms in total. The number of hydrogen-bond donors (Lipinski definition) is 1. The van der Waals surface area contributed by atoms with E-state index in [9.17, 15) is 8.78 Å². The van der Waals surface area contributed by atoms with E-state index in [1.165, 1.54) is 0 Å². The Labute approximate surface area is 106 Å². The molecule has 0 heterocycles. The fourth-order valence-electron chi connectivity index (χ4n) is 2.62. The van der Waals surface area contributed by atoms with Crippen molar-refractivity contribution in [2.45, 2.75) is 38.2 Å². The van der Waals surface area contributed by atoms with Crippen LogP contribution in [0.3, 0.4) is 0 Å². The second-order valence-corrected chi connectivity index (χ2v) is 4.72. The average molecular weight is 255 g/mol. The van der Waals surface area contributed by atoms with Crippen molar-refractivity contribution in [1.82, 2.24) is 5.32 Å². The number of nitrogens with one attached hydrogen (secondary N) is 1. The summed E-state index contributed by atoms with van der Waals surface area (Å²) in [5.41, 5.74) is 0.505. The van der Waals surface area contributed by atoms with Crippen LogP contribution in [-0.4, -0.2) is 20.1 Å². The number of alkyl halides is 2. The highest BCUT2D eigenvalue weighted by molar-refractivity contribution is 5.44. The summed E-state index contributed by atoms with van der Waals surface area (Å²) in [4.78, 5) is 0. The van der Waals surface area contributed by atoms with Gasteiger partial charge in [-0.3, -0.25) is 0 Å². The quantitative estimate of drug-likeness (QED) is 0.873. The minimum Gasteiger partial charge on any atom is -0.497 e. The number of rotatable bonds is 5. The third kappa shape index (κ3) is 2.09. The van der Waals surface area contributed by atoms with Gasteiger partial charge in [-0.05, 0) is 49.1 Å². The first-order chi connectivity index (χ1) is 8.64. The lowest BCUT2D eigenvalue weighted by Gasteiger charge is -2.31. The topological polar surface area (TPSA) is 21.3 Å². The highest BCUT2D eigenvalue weighted by Crippen LogP contribution is 2.42. The zero-order valence-electron chi connectivity index (χ0n) is 10.8. The Morgan fingerprint density at radius 2 is 2.22 bits per heavy atom. The van der Waals surface area contributed by atoms with Crippen LogP contribution in [0.1, 0.15) is 30.9 Å². The molecule has 0 fully saturated rings. The van der Waals surface area contributed by atoms with Crippen molar-refractivity contribution in [3.05, 3.63) is 29.3 Å². The largest absolute Gasteiger partial charge is 0.497 e. The molecule has 1 N–H and O–H groups in total. The predicted molar refractivity (Wildman–Crippen MR) is 67.3 cm³/mol. The van der Waals surface area contributed by atoms with E-state index in [0.29, 0.717) is 30.7 Å². The molecule has 0 saturated heterocycles. The summed E-state index contributed by atoms with van der Waals surface area (Å²) < 4.78 is 32.2. The fraction of sp³-hybridized carbons (Fsp3) is 0.571. The minimum absolute atomic E-state index is 0.452. The lowest BCUT2D eigenvalue weighted by atomic mass is 9.91. The SMILES string of the molecule is CCCNC1(C(F)F)CCc2ccc(OC)cc21. The molecule has 1 unspecified atom stereocenters. The molecule has 0 saturated carbocycles. The Kier molecular flexibility index (Phi) is 3.85. The molecule has 1 aliphatic carbocycles. The van der Waals surface area contributed by atoms with E-state index in [2.05, 4.69) is 5.32 Å². The molecule has 1 aliphatic rings. The normalized spacial score (nSPS) is 22.3. The molecule has 0 amide bonds. The first-order valence-electron chi connectivity index (χ1n) is 6.34. The Morgan fingerprint density at radius 3 is 2.83 bits per heavy atom. The predicted octanol–water partition coefficient (Wildman–Crippen LogP) is 3.10. The Bertz CT molecular complexity index is 422. The van der Waals surface area contributed by atoms with Crippen molar-refractivity contribution >= 4 is 0 Å². The van der Waals surface area contributed by atoms with Crippen molar-refractivity contribution in [3.8, 4) is 5.75 Å². The maximum Gasteiger partial charge on any atom is 0.260 e. The monoisotopic (exact) mass is 255 g/mol. The number of aryl methyl sites for hydroxylation is 1. The molecule has 1 aromatic carbocycles. The van der Waals surface area contributed by atoms with Crippen LogP contribution in [0.25, 0.3) is 0 Å². The Morgan fingerprint density at radius 1 is 1.44 bits per heavy atom. The number of halogens is 2. The van der Waals surface area contributed by atoms with E-state index in [0.717, 1.165) is 12.0 Å². The van der Waals surface area contributed by atoms with Crippen LogP contribution >= 0.6 is 0 Å². The third-order valence-corrected chi connectivity index (χ3v) is 3.65. The highest BCUT2D eigenvalue weighted by atomic mass is 19.3. The van der Waals surface area contributed by atoms with Crippen LogP contribution < -0.4 is 10.1 Å². The molecule has 4 heteroatoms. The number of benzene rings is 1. The van der Waals surface area contributed by atoms with Crippen molar-refractivity contribution < 1.29 is 13.5 Å². The second kappa shape index (κ2) is 5.22. The summed E-state index contributed by atoms with van der Waals surface area (Å²) in [6.07, 6.45) is -0.418. The molecule has 2 rings (SSSR count). The summed E-state index contributed by atoms with van der Waals surface area (Å²) in [7, 11) is 1.56. The van der Waals surface area contributed by atoms with E-state index in [4.69, 9.17) is 4.74 Å². The number of ether oxygens (including phenoxy) is 1. The molecule has 0 aromatic heterocycles. The van der Waals surface area contributed by atoms with Crippen LogP contribution in [0.15, 0.2) is 18.2 Å². The second-order valence-electron chi connectivity index (χ2n) is 4.72. The number of methoxy groups -OCH3 is 1. The average Bonchev–Trinajstić information content (AvgIpc) is 2.75. The first-order valence-corrected chi connectivity index (χ1v) is 6.34. The van der Waals surface area contributed by atoms with Crippen LogP contribution in [0.5, 0.6) is 5.75 Å². The zero-order chi connectivity index (χ0) is 13.2. The van der Waals surface area contributed by atoms with Gasteiger partial charge in [-0.2, -0.15) is 0 Å². The van der Waals surface area contributed by atoms with Crippen molar-refractivity contribution in [1.29, 1.82) is 0 Å². The molecule has 100 valence electrons. The smallest absolute Gasteiger partial charge is 0.260 e. The first kappa shape index (κ1) is 13.3. The van der Waals surface area contributed by atoms with Gasteiger partial charge in [0.15, 0.2) is 0 Å². The van der Waals surface area contributed by atoms with Crippen LogP contribution in [0, 0.1) is 0 Å². The van der Waals surface area contributed by atoms with E-state index in [1.54, 1.807) is 13.2 Å². The molecular weight excluding hydrogens is 236 g/mol.